The summed E-state index contributed by atoms with van der Waals surface area (Å²) in [6, 6.07) is 7.95. The third kappa shape index (κ3) is 5.33. The van der Waals surface area contributed by atoms with Crippen LogP contribution < -0.4 is 5.73 Å². The van der Waals surface area contributed by atoms with Crippen LogP contribution in [0.4, 0.5) is 0 Å². The maximum atomic E-state index is 5.73. The van der Waals surface area contributed by atoms with Crippen molar-refractivity contribution < 1.29 is 9.47 Å². The Morgan fingerprint density at radius 2 is 2.11 bits per heavy atom. The number of nitrogens with two attached hydrogens (primary N) is 1. The average Bonchev–Trinajstić information content (AvgIpc) is 2.41. The Kier molecular flexibility index (Phi) is 7.12. The molecule has 0 heterocycles. The van der Waals surface area contributed by atoms with Crippen molar-refractivity contribution in [3.63, 3.8) is 0 Å². The zero-order chi connectivity index (χ0) is 13.2. The van der Waals surface area contributed by atoms with Gasteiger partial charge in [-0.15, -0.1) is 0 Å². The second-order valence-electron chi connectivity index (χ2n) is 3.94. The molecule has 0 bridgehead atoms. The lowest BCUT2D eigenvalue weighted by molar-refractivity contribution is -0.0117. The first-order chi connectivity index (χ1) is 8.77. The third-order valence-corrected chi connectivity index (χ3v) is 2.42. The van der Waals surface area contributed by atoms with Gasteiger partial charge < -0.3 is 15.2 Å². The predicted octanol–water partition coefficient (Wildman–Crippen LogP) is 1.94. The summed E-state index contributed by atoms with van der Waals surface area (Å²) in [5.74, 6) is 5.92. The summed E-state index contributed by atoms with van der Waals surface area (Å²) < 4.78 is 11.0. The van der Waals surface area contributed by atoms with Gasteiger partial charge in [0.05, 0.1) is 25.9 Å². The molecule has 18 heavy (non-hydrogen) atoms. The molecule has 3 nitrogen and oxygen atoms in total. The molecule has 1 atom stereocenters. The van der Waals surface area contributed by atoms with Crippen molar-refractivity contribution in [1.29, 1.82) is 0 Å². The molecule has 1 aromatic rings. The van der Waals surface area contributed by atoms with Crippen LogP contribution in [-0.4, -0.2) is 25.9 Å². The molecule has 1 rings (SSSR count). The summed E-state index contributed by atoms with van der Waals surface area (Å²) >= 11 is 0. The zero-order valence-electron chi connectivity index (χ0n) is 11.1. The fourth-order valence-electron chi connectivity index (χ4n) is 1.48. The first-order valence-corrected chi connectivity index (χ1v) is 6.24. The van der Waals surface area contributed by atoms with E-state index in [4.69, 9.17) is 15.2 Å². The number of benzene rings is 1. The molecule has 0 fully saturated rings. The van der Waals surface area contributed by atoms with E-state index in [1.807, 2.05) is 38.1 Å². The summed E-state index contributed by atoms with van der Waals surface area (Å²) in [4.78, 5) is 0. The molecular formula is C15H21NO2. The van der Waals surface area contributed by atoms with E-state index in [-0.39, 0.29) is 6.10 Å². The topological polar surface area (TPSA) is 44.5 Å². The van der Waals surface area contributed by atoms with Crippen LogP contribution in [0.3, 0.4) is 0 Å². The van der Waals surface area contributed by atoms with Crippen LogP contribution in [0.15, 0.2) is 24.3 Å². The van der Waals surface area contributed by atoms with Gasteiger partial charge in [-0.05, 0) is 25.5 Å². The number of hydrogen-bond acceptors (Lipinski definition) is 3. The third-order valence-electron chi connectivity index (χ3n) is 2.42. The van der Waals surface area contributed by atoms with Gasteiger partial charge >= 0.3 is 0 Å². The van der Waals surface area contributed by atoms with E-state index in [2.05, 4.69) is 11.8 Å². The van der Waals surface area contributed by atoms with Gasteiger partial charge in [-0.1, -0.05) is 30.0 Å². The van der Waals surface area contributed by atoms with Gasteiger partial charge in [0.15, 0.2) is 0 Å². The largest absolute Gasteiger partial charge is 0.379 e. The van der Waals surface area contributed by atoms with Crippen LogP contribution in [0.2, 0.25) is 0 Å². The van der Waals surface area contributed by atoms with Crippen molar-refractivity contribution in [3.8, 4) is 11.8 Å². The lowest BCUT2D eigenvalue weighted by atomic mass is 10.1. The van der Waals surface area contributed by atoms with Gasteiger partial charge in [0, 0.05) is 12.2 Å². The summed E-state index contributed by atoms with van der Waals surface area (Å²) in [5.41, 5.74) is 7.45. The molecule has 0 aliphatic heterocycles. The van der Waals surface area contributed by atoms with Crippen molar-refractivity contribution in [3.05, 3.63) is 35.4 Å². The lowest BCUT2D eigenvalue weighted by Crippen LogP contribution is -2.16. The van der Waals surface area contributed by atoms with Crippen LogP contribution in [0, 0.1) is 11.8 Å². The lowest BCUT2D eigenvalue weighted by Gasteiger charge is -2.13. The molecule has 1 aromatic carbocycles. The summed E-state index contributed by atoms with van der Waals surface area (Å²) in [6.45, 7) is 6.23. The molecule has 0 aliphatic carbocycles. The Bertz CT molecular complexity index is 406. The highest BCUT2D eigenvalue weighted by Gasteiger charge is 2.04. The second-order valence-corrected chi connectivity index (χ2v) is 3.94. The van der Waals surface area contributed by atoms with Crippen LogP contribution in [-0.2, 0) is 16.1 Å². The van der Waals surface area contributed by atoms with Crippen molar-refractivity contribution in [2.75, 3.05) is 19.8 Å². The molecule has 1 unspecified atom stereocenters. The van der Waals surface area contributed by atoms with Crippen molar-refractivity contribution in [1.82, 2.24) is 0 Å². The van der Waals surface area contributed by atoms with E-state index in [1.54, 1.807) is 0 Å². The van der Waals surface area contributed by atoms with E-state index < -0.39 is 0 Å². The first-order valence-electron chi connectivity index (χ1n) is 6.24. The Hall–Kier alpha value is -1.34. The molecule has 0 radical (unpaired) electrons. The Morgan fingerprint density at radius 3 is 2.83 bits per heavy atom. The summed E-state index contributed by atoms with van der Waals surface area (Å²) in [7, 11) is 0. The minimum Gasteiger partial charge on any atom is -0.379 e. The fourth-order valence-corrected chi connectivity index (χ4v) is 1.48. The van der Waals surface area contributed by atoms with Crippen molar-refractivity contribution in [2.24, 2.45) is 5.73 Å². The number of rotatable bonds is 6. The highest BCUT2D eigenvalue weighted by atomic mass is 16.5. The molecule has 0 saturated carbocycles. The Balaban J connectivity index is 2.56. The first kappa shape index (κ1) is 14.7. The predicted molar refractivity (Wildman–Crippen MR) is 73.1 cm³/mol. The molecule has 0 aliphatic rings. The summed E-state index contributed by atoms with van der Waals surface area (Å²) in [5, 5.41) is 0. The van der Waals surface area contributed by atoms with E-state index in [9.17, 15) is 0 Å². The quantitative estimate of drug-likeness (QED) is 0.781. The molecule has 98 valence electrons. The molecule has 0 spiro atoms. The van der Waals surface area contributed by atoms with Crippen molar-refractivity contribution >= 4 is 0 Å². The van der Waals surface area contributed by atoms with Gasteiger partial charge in [0.25, 0.3) is 0 Å². The highest BCUT2D eigenvalue weighted by molar-refractivity contribution is 5.41. The molecule has 0 saturated heterocycles. The average molecular weight is 247 g/mol. The molecule has 0 aromatic heterocycles. The summed E-state index contributed by atoms with van der Waals surface area (Å²) in [6.07, 6.45) is 0.0838. The minimum atomic E-state index is 0.0838. The fraction of sp³-hybridized carbons (Fsp3) is 0.467. The van der Waals surface area contributed by atoms with Gasteiger partial charge in [-0.25, -0.2) is 0 Å². The minimum absolute atomic E-state index is 0.0838. The van der Waals surface area contributed by atoms with Crippen LogP contribution >= 0.6 is 0 Å². The van der Waals surface area contributed by atoms with Gasteiger partial charge in [0.1, 0.15) is 0 Å². The molecule has 0 amide bonds. The zero-order valence-corrected chi connectivity index (χ0v) is 11.1. The molecule has 2 N–H and O–H groups in total. The monoisotopic (exact) mass is 247 g/mol. The molecule has 3 heteroatoms. The standard InChI is InChI=1S/C15H21NO2/c1-3-17-11-13(2)18-12-15-8-5-4-7-14(15)9-6-10-16/h4-5,7-8,13H,3,10-12,16H2,1-2H3. The van der Waals surface area contributed by atoms with E-state index in [1.165, 1.54) is 0 Å². The number of ether oxygens (including phenoxy) is 2. The Morgan fingerprint density at radius 1 is 1.33 bits per heavy atom. The van der Waals surface area contributed by atoms with Crippen LogP contribution in [0.1, 0.15) is 25.0 Å². The van der Waals surface area contributed by atoms with E-state index in [0.717, 1.165) is 11.1 Å². The smallest absolute Gasteiger partial charge is 0.0785 e. The highest BCUT2D eigenvalue weighted by Crippen LogP contribution is 2.10. The van der Waals surface area contributed by atoms with Gasteiger partial charge in [-0.3, -0.25) is 0 Å². The van der Waals surface area contributed by atoms with Crippen LogP contribution in [0.5, 0.6) is 0 Å². The van der Waals surface area contributed by atoms with E-state index >= 15 is 0 Å². The maximum absolute atomic E-state index is 5.73. The normalized spacial score (nSPS) is 11.7. The molecular weight excluding hydrogens is 226 g/mol. The van der Waals surface area contributed by atoms with Crippen molar-refractivity contribution in [2.45, 2.75) is 26.6 Å². The second kappa shape index (κ2) is 8.71. The number of hydrogen-bond donors (Lipinski definition) is 1. The SMILES string of the molecule is CCOCC(C)OCc1ccccc1C#CCN. The van der Waals surface area contributed by atoms with Gasteiger partial charge in [-0.2, -0.15) is 0 Å². The maximum Gasteiger partial charge on any atom is 0.0785 e. The van der Waals surface area contributed by atoms with Gasteiger partial charge in [0.2, 0.25) is 0 Å². The van der Waals surface area contributed by atoms with E-state index in [0.29, 0.717) is 26.4 Å². The Labute approximate surface area is 109 Å². The van der Waals surface area contributed by atoms with Crippen LogP contribution in [0.25, 0.3) is 0 Å².